The number of carbonyl (C=O) groups excluding carboxylic acids is 1. The van der Waals surface area contributed by atoms with Crippen molar-refractivity contribution in [2.75, 3.05) is 7.11 Å². The number of aryl methyl sites for hydroxylation is 1. The molecule has 7 heteroatoms. The number of ether oxygens (including phenoxy) is 1. The van der Waals surface area contributed by atoms with Gasteiger partial charge in [0, 0.05) is 5.56 Å². The molecule has 3 rings (SSSR count). The van der Waals surface area contributed by atoms with E-state index >= 15 is 0 Å². The third-order valence-electron chi connectivity index (χ3n) is 4.60. The van der Waals surface area contributed by atoms with Gasteiger partial charge in [0.25, 0.3) is 0 Å². The molecule has 0 saturated heterocycles. The minimum absolute atomic E-state index is 0.0816. The van der Waals surface area contributed by atoms with Crippen LogP contribution in [0.4, 0.5) is 0 Å². The van der Waals surface area contributed by atoms with Crippen molar-refractivity contribution in [2.24, 2.45) is 0 Å². The lowest BCUT2D eigenvalue weighted by Crippen LogP contribution is -2.31. The minimum Gasteiger partial charge on any atom is -0.497 e. The molecule has 6 nitrogen and oxygen atoms in total. The molecular formula is C21H24N4O2S. The Morgan fingerprint density at radius 2 is 2.04 bits per heavy atom. The van der Waals surface area contributed by atoms with E-state index in [1.807, 2.05) is 62.4 Å². The molecule has 0 bridgehead atoms. The first-order valence-corrected chi connectivity index (χ1v) is 9.58. The number of nitrogens with zero attached hydrogens (tertiary/aromatic N) is 2. The molecule has 1 aromatic heterocycles. The van der Waals surface area contributed by atoms with Crippen LogP contribution in [0.3, 0.4) is 0 Å². The molecule has 0 radical (unpaired) electrons. The van der Waals surface area contributed by atoms with Gasteiger partial charge in [-0.25, -0.2) is 0 Å². The van der Waals surface area contributed by atoms with Gasteiger partial charge in [-0.05, 0) is 49.3 Å². The number of nitrogens with one attached hydrogen (secondary N) is 2. The van der Waals surface area contributed by atoms with Gasteiger partial charge in [-0.3, -0.25) is 14.5 Å². The smallest absolute Gasteiger partial charge is 0.240 e. The van der Waals surface area contributed by atoms with E-state index in [2.05, 4.69) is 15.5 Å². The van der Waals surface area contributed by atoms with Crippen molar-refractivity contribution in [1.82, 2.24) is 20.1 Å². The highest BCUT2D eigenvalue weighted by Gasteiger charge is 2.16. The number of amides is 1. The number of methoxy groups -OCH3 is 1. The first-order chi connectivity index (χ1) is 13.5. The van der Waals surface area contributed by atoms with Crippen molar-refractivity contribution in [3.63, 3.8) is 0 Å². The highest BCUT2D eigenvalue weighted by atomic mass is 32.1. The van der Waals surface area contributed by atoms with Crippen LogP contribution in [-0.4, -0.2) is 27.8 Å². The average molecular weight is 397 g/mol. The predicted molar refractivity (Wildman–Crippen MR) is 112 cm³/mol. The largest absolute Gasteiger partial charge is 0.497 e. The van der Waals surface area contributed by atoms with Crippen LogP contribution >= 0.6 is 12.2 Å². The lowest BCUT2D eigenvalue weighted by Gasteiger charge is -2.18. The molecule has 3 aromatic rings. The van der Waals surface area contributed by atoms with Crippen LogP contribution in [0.1, 0.15) is 30.5 Å². The Morgan fingerprint density at radius 3 is 2.68 bits per heavy atom. The van der Waals surface area contributed by atoms with E-state index in [4.69, 9.17) is 17.0 Å². The second kappa shape index (κ2) is 8.84. The summed E-state index contributed by atoms with van der Waals surface area (Å²) < 4.78 is 7.34. The van der Waals surface area contributed by atoms with Crippen LogP contribution in [0.15, 0.2) is 48.5 Å². The summed E-state index contributed by atoms with van der Waals surface area (Å²) in [4.78, 5) is 12.7. The van der Waals surface area contributed by atoms with Crippen molar-refractivity contribution in [2.45, 2.75) is 32.9 Å². The molecule has 28 heavy (non-hydrogen) atoms. The second-order valence-electron chi connectivity index (χ2n) is 6.61. The first-order valence-electron chi connectivity index (χ1n) is 9.17. The minimum atomic E-state index is -0.117. The van der Waals surface area contributed by atoms with E-state index in [1.165, 1.54) is 0 Å². The highest BCUT2D eigenvalue weighted by Crippen LogP contribution is 2.21. The molecule has 0 aliphatic heterocycles. The molecule has 1 atom stereocenters. The Bertz CT molecular complexity index is 1010. The van der Waals surface area contributed by atoms with Crippen molar-refractivity contribution in [1.29, 1.82) is 0 Å². The summed E-state index contributed by atoms with van der Waals surface area (Å²) in [5, 5.41) is 10.2. The van der Waals surface area contributed by atoms with Gasteiger partial charge in [0.15, 0.2) is 10.6 Å². The van der Waals surface area contributed by atoms with E-state index in [-0.39, 0.29) is 18.5 Å². The van der Waals surface area contributed by atoms with Gasteiger partial charge in [-0.2, -0.15) is 5.10 Å². The van der Waals surface area contributed by atoms with Gasteiger partial charge >= 0.3 is 0 Å². The van der Waals surface area contributed by atoms with Gasteiger partial charge < -0.3 is 10.1 Å². The fourth-order valence-electron chi connectivity index (χ4n) is 3.11. The number of rotatable bonds is 7. The Morgan fingerprint density at radius 1 is 1.29 bits per heavy atom. The SMILES string of the molecule is CCC(NC(=O)Cn1c(-c2cccc(C)c2)n[nH]c1=S)c1ccc(OC)cc1. The Labute approximate surface area is 169 Å². The van der Waals surface area contributed by atoms with Gasteiger partial charge in [-0.15, -0.1) is 0 Å². The molecular weight excluding hydrogens is 372 g/mol. The average Bonchev–Trinajstić information content (AvgIpc) is 3.06. The zero-order chi connectivity index (χ0) is 20.1. The summed E-state index contributed by atoms with van der Waals surface area (Å²) in [6, 6.07) is 15.6. The lowest BCUT2D eigenvalue weighted by molar-refractivity contribution is -0.122. The summed E-state index contributed by atoms with van der Waals surface area (Å²) in [6.45, 7) is 4.16. The molecule has 0 fully saturated rings. The lowest BCUT2D eigenvalue weighted by atomic mass is 10.0. The van der Waals surface area contributed by atoms with Crippen LogP contribution in [0.2, 0.25) is 0 Å². The molecule has 1 unspecified atom stereocenters. The van der Waals surface area contributed by atoms with Gasteiger partial charge in [0.05, 0.1) is 13.2 Å². The van der Waals surface area contributed by atoms with E-state index in [1.54, 1.807) is 11.7 Å². The molecule has 0 aliphatic carbocycles. The van der Waals surface area contributed by atoms with Crippen molar-refractivity contribution in [3.8, 4) is 17.1 Å². The molecule has 0 spiro atoms. The predicted octanol–water partition coefficient (Wildman–Crippen LogP) is 4.19. The number of carbonyl (C=O) groups is 1. The number of hydrogen-bond donors (Lipinski definition) is 2. The fourth-order valence-corrected chi connectivity index (χ4v) is 3.31. The van der Waals surface area contributed by atoms with E-state index in [0.29, 0.717) is 10.6 Å². The number of H-pyrrole nitrogens is 1. The first kappa shape index (κ1) is 19.8. The van der Waals surface area contributed by atoms with E-state index in [9.17, 15) is 4.79 Å². The van der Waals surface area contributed by atoms with E-state index in [0.717, 1.165) is 28.9 Å². The number of aromatic nitrogens is 3. The molecule has 0 saturated carbocycles. The van der Waals surface area contributed by atoms with Crippen LogP contribution in [0, 0.1) is 11.7 Å². The second-order valence-corrected chi connectivity index (χ2v) is 7.00. The number of benzene rings is 2. The van der Waals surface area contributed by atoms with Crippen molar-refractivity contribution >= 4 is 18.1 Å². The highest BCUT2D eigenvalue weighted by molar-refractivity contribution is 7.71. The summed E-state index contributed by atoms with van der Waals surface area (Å²) in [5.74, 6) is 1.33. The van der Waals surface area contributed by atoms with Gasteiger partial charge in [0.2, 0.25) is 5.91 Å². The fraction of sp³-hybridized carbons (Fsp3) is 0.286. The molecule has 0 aliphatic rings. The summed E-state index contributed by atoms with van der Waals surface area (Å²) in [6.07, 6.45) is 0.777. The van der Waals surface area contributed by atoms with Crippen molar-refractivity contribution < 1.29 is 9.53 Å². The maximum Gasteiger partial charge on any atom is 0.240 e. The standard InChI is InChI=1S/C21H24N4O2S/c1-4-18(15-8-10-17(27-3)11-9-15)22-19(26)13-25-20(23-24-21(25)28)16-7-5-6-14(2)12-16/h5-12,18H,4,13H2,1-3H3,(H,22,26)(H,24,28). The van der Waals surface area contributed by atoms with Crippen LogP contribution in [0.25, 0.3) is 11.4 Å². The normalized spacial score (nSPS) is 11.8. The third-order valence-corrected chi connectivity index (χ3v) is 4.91. The zero-order valence-electron chi connectivity index (χ0n) is 16.2. The Hall–Kier alpha value is -2.93. The van der Waals surface area contributed by atoms with Crippen LogP contribution in [-0.2, 0) is 11.3 Å². The molecule has 1 heterocycles. The summed E-state index contributed by atoms with van der Waals surface area (Å²) >= 11 is 5.34. The topological polar surface area (TPSA) is 71.9 Å². The molecule has 1 amide bonds. The maximum absolute atomic E-state index is 12.7. The number of hydrogen-bond acceptors (Lipinski definition) is 4. The van der Waals surface area contributed by atoms with Crippen LogP contribution in [0.5, 0.6) is 5.75 Å². The monoisotopic (exact) mass is 396 g/mol. The molecule has 2 aromatic carbocycles. The van der Waals surface area contributed by atoms with Crippen molar-refractivity contribution in [3.05, 3.63) is 64.4 Å². The van der Waals surface area contributed by atoms with E-state index < -0.39 is 0 Å². The Kier molecular flexibility index (Phi) is 6.26. The Balaban J connectivity index is 1.77. The zero-order valence-corrected chi connectivity index (χ0v) is 17.0. The van der Waals surface area contributed by atoms with Crippen LogP contribution < -0.4 is 10.1 Å². The molecule has 2 N–H and O–H groups in total. The number of aromatic amines is 1. The maximum atomic E-state index is 12.7. The third kappa shape index (κ3) is 4.48. The summed E-state index contributed by atoms with van der Waals surface area (Å²) in [7, 11) is 1.63. The quantitative estimate of drug-likeness (QED) is 0.588. The summed E-state index contributed by atoms with van der Waals surface area (Å²) in [5.41, 5.74) is 3.07. The van der Waals surface area contributed by atoms with Gasteiger partial charge in [0.1, 0.15) is 12.3 Å². The molecule has 146 valence electrons. The van der Waals surface area contributed by atoms with Gasteiger partial charge in [-0.1, -0.05) is 42.8 Å².